The number of carbonyl (C=O) groups excluding carboxylic acids is 2. The summed E-state index contributed by atoms with van der Waals surface area (Å²) in [6, 6.07) is 5.02. The SMILES string of the molecule is COc1ccc(NC(=O)C[C@@H]2N[C@H]3CCCC[C@@H]3NC2=O)cc1Cl. The fourth-order valence-electron chi connectivity index (χ4n) is 3.41. The number of halogens is 1. The molecule has 1 saturated carbocycles. The number of piperazine rings is 1. The summed E-state index contributed by atoms with van der Waals surface area (Å²) >= 11 is 6.05. The predicted octanol–water partition coefficient (Wildman–Crippen LogP) is 2.08. The molecule has 130 valence electrons. The van der Waals surface area contributed by atoms with Crippen molar-refractivity contribution in [3.63, 3.8) is 0 Å². The van der Waals surface area contributed by atoms with Gasteiger partial charge in [-0.25, -0.2) is 0 Å². The fourth-order valence-corrected chi connectivity index (χ4v) is 3.67. The van der Waals surface area contributed by atoms with Crippen LogP contribution >= 0.6 is 11.6 Å². The van der Waals surface area contributed by atoms with Gasteiger partial charge in [0.25, 0.3) is 0 Å². The Labute approximate surface area is 146 Å². The molecule has 2 fully saturated rings. The molecule has 0 aromatic heterocycles. The molecule has 1 aliphatic carbocycles. The molecule has 3 rings (SSSR count). The molecular weight excluding hydrogens is 330 g/mol. The van der Waals surface area contributed by atoms with Gasteiger partial charge in [-0.2, -0.15) is 0 Å². The Morgan fingerprint density at radius 2 is 2.08 bits per heavy atom. The molecule has 2 aliphatic rings. The lowest BCUT2D eigenvalue weighted by Gasteiger charge is -2.40. The molecule has 0 unspecified atom stereocenters. The number of methoxy groups -OCH3 is 1. The quantitative estimate of drug-likeness (QED) is 0.776. The average molecular weight is 352 g/mol. The van der Waals surface area contributed by atoms with Crippen LogP contribution in [0.2, 0.25) is 5.02 Å². The Bertz CT molecular complexity index is 638. The summed E-state index contributed by atoms with van der Waals surface area (Å²) in [5.41, 5.74) is 0.581. The van der Waals surface area contributed by atoms with Gasteiger partial charge < -0.3 is 20.7 Å². The monoisotopic (exact) mass is 351 g/mol. The molecule has 6 nitrogen and oxygen atoms in total. The number of amides is 2. The second kappa shape index (κ2) is 7.40. The minimum absolute atomic E-state index is 0.0959. The Kier molecular flexibility index (Phi) is 5.26. The zero-order valence-electron chi connectivity index (χ0n) is 13.6. The molecule has 2 amide bonds. The standard InChI is InChI=1S/C17H22ClN3O3/c1-24-15-7-6-10(8-11(15)18)19-16(22)9-14-17(23)21-13-5-3-2-4-12(13)20-14/h6-8,12-14,20H,2-5,9H2,1H3,(H,19,22)(H,21,23)/t12-,13-,14-/m0/s1. The second-order valence-electron chi connectivity index (χ2n) is 6.33. The smallest absolute Gasteiger partial charge is 0.237 e. The van der Waals surface area contributed by atoms with Gasteiger partial charge in [-0.15, -0.1) is 0 Å². The van der Waals surface area contributed by atoms with E-state index in [0.29, 0.717) is 16.5 Å². The van der Waals surface area contributed by atoms with Crippen molar-refractivity contribution in [3.05, 3.63) is 23.2 Å². The number of nitrogens with one attached hydrogen (secondary N) is 3. The van der Waals surface area contributed by atoms with Gasteiger partial charge in [0, 0.05) is 17.8 Å². The summed E-state index contributed by atoms with van der Waals surface area (Å²) in [6.45, 7) is 0. The minimum Gasteiger partial charge on any atom is -0.495 e. The van der Waals surface area contributed by atoms with E-state index in [4.69, 9.17) is 16.3 Å². The van der Waals surface area contributed by atoms with E-state index in [2.05, 4.69) is 16.0 Å². The van der Waals surface area contributed by atoms with Gasteiger partial charge in [0.2, 0.25) is 11.8 Å². The number of anilines is 1. The molecule has 3 atom stereocenters. The Morgan fingerprint density at radius 1 is 1.33 bits per heavy atom. The van der Waals surface area contributed by atoms with Crippen LogP contribution in [-0.4, -0.2) is 37.0 Å². The van der Waals surface area contributed by atoms with Gasteiger partial charge in [-0.3, -0.25) is 9.59 Å². The average Bonchev–Trinajstić information content (AvgIpc) is 2.55. The van der Waals surface area contributed by atoms with Crippen molar-refractivity contribution >= 4 is 29.1 Å². The maximum absolute atomic E-state index is 12.2. The number of rotatable bonds is 4. The van der Waals surface area contributed by atoms with Gasteiger partial charge in [0.1, 0.15) is 5.75 Å². The molecule has 3 N–H and O–H groups in total. The third kappa shape index (κ3) is 3.82. The topological polar surface area (TPSA) is 79.5 Å². The number of fused-ring (bicyclic) bond motifs is 1. The zero-order chi connectivity index (χ0) is 17.1. The van der Waals surface area contributed by atoms with Gasteiger partial charge in [-0.1, -0.05) is 24.4 Å². The van der Waals surface area contributed by atoms with E-state index in [1.807, 2.05) is 0 Å². The third-order valence-electron chi connectivity index (χ3n) is 4.65. The van der Waals surface area contributed by atoms with Crippen LogP contribution in [-0.2, 0) is 9.59 Å². The van der Waals surface area contributed by atoms with E-state index >= 15 is 0 Å². The maximum Gasteiger partial charge on any atom is 0.237 e. The van der Waals surface area contributed by atoms with Crippen LogP contribution < -0.4 is 20.7 Å². The van der Waals surface area contributed by atoms with E-state index in [1.165, 1.54) is 7.11 Å². The van der Waals surface area contributed by atoms with Crippen molar-refractivity contribution in [2.75, 3.05) is 12.4 Å². The first-order chi connectivity index (χ1) is 11.6. The summed E-state index contributed by atoms with van der Waals surface area (Å²) in [7, 11) is 1.53. The molecule has 1 aliphatic heterocycles. The largest absolute Gasteiger partial charge is 0.495 e. The highest BCUT2D eigenvalue weighted by Gasteiger charge is 2.36. The van der Waals surface area contributed by atoms with Crippen LogP contribution in [0.1, 0.15) is 32.1 Å². The van der Waals surface area contributed by atoms with Crippen LogP contribution in [0.3, 0.4) is 0 Å². The lowest BCUT2D eigenvalue weighted by atomic mass is 9.87. The number of ether oxygens (including phenoxy) is 1. The van der Waals surface area contributed by atoms with Gasteiger partial charge in [0.15, 0.2) is 0 Å². The van der Waals surface area contributed by atoms with Crippen molar-refractivity contribution in [2.24, 2.45) is 0 Å². The summed E-state index contributed by atoms with van der Waals surface area (Å²) in [5.74, 6) is 0.227. The van der Waals surface area contributed by atoms with Crippen LogP contribution in [0.25, 0.3) is 0 Å². The van der Waals surface area contributed by atoms with E-state index in [-0.39, 0.29) is 30.3 Å². The summed E-state index contributed by atoms with van der Waals surface area (Å²) < 4.78 is 5.08. The number of benzene rings is 1. The lowest BCUT2D eigenvalue weighted by Crippen LogP contribution is -2.65. The highest BCUT2D eigenvalue weighted by atomic mass is 35.5. The van der Waals surface area contributed by atoms with E-state index in [1.54, 1.807) is 18.2 Å². The highest BCUT2D eigenvalue weighted by Crippen LogP contribution is 2.27. The van der Waals surface area contributed by atoms with Crippen molar-refractivity contribution in [3.8, 4) is 5.75 Å². The minimum atomic E-state index is -0.488. The Balaban J connectivity index is 1.58. The molecule has 0 radical (unpaired) electrons. The molecule has 0 spiro atoms. The summed E-state index contributed by atoms with van der Waals surface area (Å²) in [6.07, 6.45) is 4.45. The molecule has 1 heterocycles. The molecule has 0 bridgehead atoms. The first-order valence-corrected chi connectivity index (χ1v) is 8.64. The molecular formula is C17H22ClN3O3. The van der Waals surface area contributed by atoms with Crippen LogP contribution in [0.15, 0.2) is 18.2 Å². The second-order valence-corrected chi connectivity index (χ2v) is 6.73. The van der Waals surface area contributed by atoms with Crippen LogP contribution in [0, 0.1) is 0 Å². The maximum atomic E-state index is 12.2. The normalized spacial score (nSPS) is 26.2. The Morgan fingerprint density at radius 3 is 2.79 bits per heavy atom. The molecule has 24 heavy (non-hydrogen) atoms. The van der Waals surface area contributed by atoms with E-state index in [0.717, 1.165) is 25.7 Å². The van der Waals surface area contributed by atoms with Crippen molar-refractivity contribution in [2.45, 2.75) is 50.2 Å². The first-order valence-electron chi connectivity index (χ1n) is 8.26. The number of hydrogen-bond acceptors (Lipinski definition) is 4. The number of hydrogen-bond donors (Lipinski definition) is 3. The highest BCUT2D eigenvalue weighted by molar-refractivity contribution is 6.32. The zero-order valence-corrected chi connectivity index (χ0v) is 14.4. The van der Waals surface area contributed by atoms with Crippen molar-refractivity contribution in [1.29, 1.82) is 0 Å². The number of carbonyl (C=O) groups is 2. The van der Waals surface area contributed by atoms with Crippen LogP contribution in [0.4, 0.5) is 5.69 Å². The Hall–Kier alpha value is -1.79. The summed E-state index contributed by atoms with van der Waals surface area (Å²) in [5, 5.41) is 9.58. The van der Waals surface area contributed by atoms with Gasteiger partial charge in [-0.05, 0) is 31.0 Å². The summed E-state index contributed by atoms with van der Waals surface area (Å²) in [4.78, 5) is 24.4. The van der Waals surface area contributed by atoms with Gasteiger partial charge in [0.05, 0.1) is 24.6 Å². The molecule has 7 heteroatoms. The van der Waals surface area contributed by atoms with E-state index < -0.39 is 6.04 Å². The first kappa shape index (κ1) is 17.0. The van der Waals surface area contributed by atoms with Crippen LogP contribution in [0.5, 0.6) is 5.75 Å². The van der Waals surface area contributed by atoms with Gasteiger partial charge >= 0.3 is 0 Å². The third-order valence-corrected chi connectivity index (χ3v) is 4.95. The molecule has 1 aromatic rings. The lowest BCUT2D eigenvalue weighted by molar-refractivity contribution is -0.129. The van der Waals surface area contributed by atoms with Crippen molar-refractivity contribution < 1.29 is 14.3 Å². The molecule has 1 saturated heterocycles. The van der Waals surface area contributed by atoms with Crippen molar-refractivity contribution in [1.82, 2.24) is 10.6 Å². The molecule has 1 aromatic carbocycles. The fraction of sp³-hybridized carbons (Fsp3) is 0.529. The van der Waals surface area contributed by atoms with E-state index in [9.17, 15) is 9.59 Å². The predicted molar refractivity (Wildman–Crippen MR) is 92.4 cm³/mol.